The molecule has 1 heterocycles. The summed E-state index contributed by atoms with van der Waals surface area (Å²) in [4.78, 5) is 0. The lowest BCUT2D eigenvalue weighted by Gasteiger charge is -2.09. The molecule has 0 amide bonds. The lowest BCUT2D eigenvalue weighted by molar-refractivity contribution is 0.703. The minimum atomic E-state index is 0.0635. The Kier molecular flexibility index (Phi) is 3.81. The molecule has 2 N–H and O–H groups in total. The van der Waals surface area contributed by atoms with Gasteiger partial charge in [-0.2, -0.15) is 16.9 Å². The molecule has 1 aromatic heterocycles. The zero-order valence-electron chi connectivity index (χ0n) is 8.40. The van der Waals surface area contributed by atoms with Gasteiger partial charge in [-0.25, -0.2) is 0 Å². The highest BCUT2D eigenvalue weighted by atomic mass is 32.2. The molecule has 0 saturated heterocycles. The van der Waals surface area contributed by atoms with Crippen LogP contribution in [-0.4, -0.2) is 20.8 Å². The third-order valence-electron chi connectivity index (χ3n) is 1.72. The third kappa shape index (κ3) is 3.40. The molecule has 1 atom stereocenters. The Hall–Kier alpha value is -0.480. The first-order valence-corrected chi connectivity index (χ1v) is 5.51. The van der Waals surface area contributed by atoms with Crippen molar-refractivity contribution in [1.29, 1.82) is 0 Å². The number of thioether (sulfide) groups is 1. The predicted molar refractivity (Wildman–Crippen MR) is 57.7 cm³/mol. The van der Waals surface area contributed by atoms with E-state index in [2.05, 4.69) is 18.9 Å². The summed E-state index contributed by atoms with van der Waals surface area (Å²) in [6.45, 7) is 4.35. The maximum Gasteiger partial charge on any atom is 0.0800 e. The molecular formula is C9H17N3S. The van der Waals surface area contributed by atoms with Crippen molar-refractivity contribution in [2.75, 3.05) is 5.75 Å². The summed E-state index contributed by atoms with van der Waals surface area (Å²) in [6, 6.07) is 2.04. The van der Waals surface area contributed by atoms with Crippen LogP contribution in [0.25, 0.3) is 0 Å². The van der Waals surface area contributed by atoms with E-state index in [4.69, 9.17) is 5.73 Å². The van der Waals surface area contributed by atoms with E-state index in [9.17, 15) is 0 Å². The van der Waals surface area contributed by atoms with E-state index in [1.165, 1.54) is 0 Å². The standard InChI is InChI=1S/C9H17N3S/c1-7(2)13-6-8(10)9-4-5-12(3)11-9/h4-5,7-8H,6,10H2,1-3H3. The Labute approximate surface area is 83.7 Å². The molecule has 0 aliphatic carbocycles. The average molecular weight is 199 g/mol. The van der Waals surface area contributed by atoms with Crippen molar-refractivity contribution in [1.82, 2.24) is 9.78 Å². The fourth-order valence-corrected chi connectivity index (χ4v) is 1.78. The Morgan fingerprint density at radius 1 is 1.62 bits per heavy atom. The van der Waals surface area contributed by atoms with E-state index < -0.39 is 0 Å². The molecule has 0 aliphatic rings. The first-order valence-electron chi connectivity index (χ1n) is 4.46. The van der Waals surface area contributed by atoms with E-state index in [1.54, 1.807) is 4.68 Å². The molecule has 13 heavy (non-hydrogen) atoms. The zero-order valence-corrected chi connectivity index (χ0v) is 9.21. The summed E-state index contributed by atoms with van der Waals surface area (Å²) in [5.41, 5.74) is 6.94. The minimum absolute atomic E-state index is 0.0635. The highest BCUT2D eigenvalue weighted by molar-refractivity contribution is 7.99. The largest absolute Gasteiger partial charge is 0.322 e. The van der Waals surface area contributed by atoms with Gasteiger partial charge in [-0.1, -0.05) is 13.8 Å². The number of nitrogens with zero attached hydrogens (tertiary/aromatic N) is 2. The monoisotopic (exact) mass is 199 g/mol. The van der Waals surface area contributed by atoms with E-state index >= 15 is 0 Å². The van der Waals surface area contributed by atoms with Gasteiger partial charge in [0.15, 0.2) is 0 Å². The maximum absolute atomic E-state index is 5.96. The molecule has 1 unspecified atom stereocenters. The van der Waals surface area contributed by atoms with Crippen molar-refractivity contribution in [3.05, 3.63) is 18.0 Å². The average Bonchev–Trinajstić information content (AvgIpc) is 2.47. The van der Waals surface area contributed by atoms with Crippen LogP contribution < -0.4 is 5.73 Å². The molecule has 0 aromatic carbocycles. The Morgan fingerprint density at radius 2 is 2.31 bits per heavy atom. The van der Waals surface area contributed by atoms with Crippen LogP contribution in [0.3, 0.4) is 0 Å². The van der Waals surface area contributed by atoms with Gasteiger partial charge >= 0.3 is 0 Å². The normalized spacial score (nSPS) is 13.6. The van der Waals surface area contributed by atoms with Crippen LogP contribution in [0.15, 0.2) is 12.3 Å². The second kappa shape index (κ2) is 4.67. The van der Waals surface area contributed by atoms with Crippen molar-refractivity contribution in [3.63, 3.8) is 0 Å². The van der Waals surface area contributed by atoms with Gasteiger partial charge < -0.3 is 5.73 Å². The maximum atomic E-state index is 5.96. The van der Waals surface area contributed by atoms with Crippen LogP contribution in [0, 0.1) is 0 Å². The minimum Gasteiger partial charge on any atom is -0.322 e. The Balaban J connectivity index is 2.44. The summed E-state index contributed by atoms with van der Waals surface area (Å²) in [6.07, 6.45) is 1.93. The number of rotatable bonds is 4. The van der Waals surface area contributed by atoms with Gasteiger partial charge in [0.25, 0.3) is 0 Å². The molecule has 0 radical (unpaired) electrons. The number of nitrogens with two attached hydrogens (primary N) is 1. The Bertz CT molecular complexity index is 257. The summed E-state index contributed by atoms with van der Waals surface area (Å²) < 4.78 is 1.79. The molecule has 1 rings (SSSR count). The summed E-state index contributed by atoms with van der Waals surface area (Å²) in [5.74, 6) is 0.939. The first-order chi connectivity index (χ1) is 6.09. The van der Waals surface area contributed by atoms with Crippen molar-refractivity contribution < 1.29 is 0 Å². The van der Waals surface area contributed by atoms with Crippen LogP contribution in [0.4, 0.5) is 0 Å². The van der Waals surface area contributed by atoms with Crippen LogP contribution in [0.2, 0.25) is 0 Å². The van der Waals surface area contributed by atoms with Gasteiger partial charge in [-0.05, 0) is 11.3 Å². The first kappa shape index (κ1) is 10.6. The van der Waals surface area contributed by atoms with Crippen LogP contribution in [-0.2, 0) is 7.05 Å². The molecule has 0 bridgehead atoms. The third-order valence-corrected chi connectivity index (χ3v) is 2.94. The van der Waals surface area contributed by atoms with Gasteiger partial charge in [0.2, 0.25) is 0 Å². The second-order valence-electron chi connectivity index (χ2n) is 3.40. The highest BCUT2D eigenvalue weighted by Gasteiger charge is 2.09. The van der Waals surface area contributed by atoms with Crippen molar-refractivity contribution in [3.8, 4) is 0 Å². The van der Waals surface area contributed by atoms with Gasteiger partial charge in [-0.15, -0.1) is 0 Å². The highest BCUT2D eigenvalue weighted by Crippen LogP contribution is 2.17. The fourth-order valence-electron chi connectivity index (χ4n) is 1.01. The van der Waals surface area contributed by atoms with Gasteiger partial charge in [0.05, 0.1) is 11.7 Å². The number of hydrogen-bond donors (Lipinski definition) is 1. The summed E-state index contributed by atoms with van der Waals surface area (Å²) in [5, 5.41) is 4.90. The lowest BCUT2D eigenvalue weighted by atomic mass is 10.3. The molecule has 0 spiro atoms. The van der Waals surface area contributed by atoms with Crippen LogP contribution >= 0.6 is 11.8 Å². The van der Waals surface area contributed by atoms with Gasteiger partial charge in [-0.3, -0.25) is 4.68 Å². The van der Waals surface area contributed by atoms with Crippen molar-refractivity contribution >= 4 is 11.8 Å². The molecule has 4 heteroatoms. The van der Waals surface area contributed by atoms with Crippen LogP contribution in [0.5, 0.6) is 0 Å². The molecule has 0 aliphatic heterocycles. The quantitative estimate of drug-likeness (QED) is 0.800. The zero-order chi connectivity index (χ0) is 9.84. The second-order valence-corrected chi connectivity index (χ2v) is 5.01. The summed E-state index contributed by atoms with van der Waals surface area (Å²) >= 11 is 1.87. The van der Waals surface area contributed by atoms with Crippen LogP contribution in [0.1, 0.15) is 25.6 Å². The van der Waals surface area contributed by atoms with E-state index in [-0.39, 0.29) is 6.04 Å². The smallest absolute Gasteiger partial charge is 0.0800 e. The molecule has 74 valence electrons. The van der Waals surface area contributed by atoms with Gasteiger partial charge in [0.1, 0.15) is 0 Å². The van der Waals surface area contributed by atoms with E-state index in [1.807, 2.05) is 31.1 Å². The molecule has 3 nitrogen and oxygen atoms in total. The van der Waals surface area contributed by atoms with E-state index in [0.29, 0.717) is 5.25 Å². The van der Waals surface area contributed by atoms with Crippen molar-refractivity contribution in [2.24, 2.45) is 12.8 Å². The lowest BCUT2D eigenvalue weighted by Crippen LogP contribution is -2.15. The van der Waals surface area contributed by atoms with Crippen molar-refractivity contribution in [2.45, 2.75) is 25.1 Å². The summed E-state index contributed by atoms with van der Waals surface area (Å²) in [7, 11) is 1.91. The molecule has 0 fully saturated rings. The fraction of sp³-hybridized carbons (Fsp3) is 0.667. The Morgan fingerprint density at radius 3 is 2.77 bits per heavy atom. The molecular weight excluding hydrogens is 182 g/mol. The molecule has 1 aromatic rings. The topological polar surface area (TPSA) is 43.8 Å². The SMILES string of the molecule is CC(C)SCC(N)c1ccn(C)n1. The number of hydrogen-bond acceptors (Lipinski definition) is 3. The number of aryl methyl sites for hydroxylation is 1. The number of aromatic nitrogens is 2. The van der Waals surface area contributed by atoms with Gasteiger partial charge in [0, 0.05) is 19.0 Å². The van der Waals surface area contributed by atoms with E-state index in [0.717, 1.165) is 11.4 Å². The molecule has 0 saturated carbocycles. The predicted octanol–water partition coefficient (Wildman–Crippen LogP) is 1.56.